The van der Waals surface area contributed by atoms with Gasteiger partial charge in [-0.2, -0.15) is 0 Å². The summed E-state index contributed by atoms with van der Waals surface area (Å²) in [5, 5.41) is 3.52. The molecule has 23 heavy (non-hydrogen) atoms. The van der Waals surface area contributed by atoms with E-state index in [1.807, 2.05) is 32.9 Å². The molecule has 1 N–H and O–H groups in total. The molecule has 1 aromatic heterocycles. The smallest absolute Gasteiger partial charge is 0.410 e. The molecule has 2 atom stereocenters. The van der Waals surface area contributed by atoms with Crippen LogP contribution in [0.3, 0.4) is 0 Å². The number of rotatable bonds is 8. The van der Waals surface area contributed by atoms with Gasteiger partial charge in [-0.05, 0) is 58.7 Å². The van der Waals surface area contributed by atoms with Crippen molar-refractivity contribution in [1.29, 1.82) is 0 Å². The van der Waals surface area contributed by atoms with Crippen molar-refractivity contribution in [1.82, 2.24) is 10.2 Å². The lowest BCUT2D eigenvalue weighted by Gasteiger charge is -2.27. The highest BCUT2D eigenvalue weighted by Gasteiger charge is 2.20. The minimum atomic E-state index is -0.451. The summed E-state index contributed by atoms with van der Waals surface area (Å²) in [6.45, 7) is 11.5. The summed E-state index contributed by atoms with van der Waals surface area (Å²) in [4.78, 5) is 13.6. The zero-order valence-electron chi connectivity index (χ0n) is 15.4. The van der Waals surface area contributed by atoms with Crippen LogP contribution in [0.25, 0.3) is 0 Å². The van der Waals surface area contributed by atoms with Crippen LogP contribution >= 0.6 is 0 Å². The molecule has 0 aliphatic rings. The third kappa shape index (κ3) is 8.65. The molecule has 0 saturated heterocycles. The van der Waals surface area contributed by atoms with Crippen LogP contribution in [0, 0.1) is 5.92 Å². The Morgan fingerprint density at radius 2 is 2.09 bits per heavy atom. The quantitative estimate of drug-likeness (QED) is 0.792. The number of nitrogens with zero attached hydrogens (tertiary/aromatic N) is 1. The second-order valence-electron chi connectivity index (χ2n) is 7.39. The maximum absolute atomic E-state index is 11.9. The van der Waals surface area contributed by atoms with Crippen molar-refractivity contribution in [3.05, 3.63) is 24.2 Å². The first-order chi connectivity index (χ1) is 10.7. The number of ether oxygens (including phenoxy) is 1. The standard InChI is InChI=1S/C18H32N2O3/c1-14(13-20(6)17(21)23-18(3,4)5)12-19-15(2)9-10-16-8-7-11-22-16/h7-8,11,14-15,19H,9-10,12-13H2,1-6H3. The van der Waals surface area contributed by atoms with Gasteiger partial charge in [0.15, 0.2) is 0 Å². The number of hydrogen-bond acceptors (Lipinski definition) is 4. The number of carbonyl (C=O) groups excluding carboxylic acids is 1. The molecular weight excluding hydrogens is 292 g/mol. The first-order valence-corrected chi connectivity index (χ1v) is 8.37. The van der Waals surface area contributed by atoms with Crippen molar-refractivity contribution >= 4 is 6.09 Å². The summed E-state index contributed by atoms with van der Waals surface area (Å²) in [5.74, 6) is 1.38. The van der Waals surface area contributed by atoms with Crippen LogP contribution in [0.2, 0.25) is 0 Å². The van der Waals surface area contributed by atoms with E-state index in [1.54, 1.807) is 18.2 Å². The maximum Gasteiger partial charge on any atom is 0.410 e. The Morgan fingerprint density at radius 1 is 1.39 bits per heavy atom. The van der Waals surface area contributed by atoms with Gasteiger partial charge < -0.3 is 19.4 Å². The second kappa shape index (κ2) is 8.96. The van der Waals surface area contributed by atoms with E-state index in [2.05, 4.69) is 19.2 Å². The van der Waals surface area contributed by atoms with Crippen LogP contribution in [0.15, 0.2) is 22.8 Å². The van der Waals surface area contributed by atoms with Crippen molar-refractivity contribution in [3.63, 3.8) is 0 Å². The number of nitrogens with one attached hydrogen (secondary N) is 1. The van der Waals surface area contributed by atoms with Crippen LogP contribution in [-0.2, 0) is 11.2 Å². The van der Waals surface area contributed by atoms with Crippen LogP contribution in [0.1, 0.15) is 46.8 Å². The third-order valence-corrected chi connectivity index (χ3v) is 3.51. The van der Waals surface area contributed by atoms with Crippen LogP contribution in [0.5, 0.6) is 0 Å². The Balaban J connectivity index is 2.22. The SMILES string of the molecule is CC(CNC(C)CCc1ccco1)CN(C)C(=O)OC(C)(C)C. The minimum absolute atomic E-state index is 0.268. The van der Waals surface area contributed by atoms with E-state index >= 15 is 0 Å². The molecule has 0 fully saturated rings. The number of hydrogen-bond donors (Lipinski definition) is 1. The van der Waals surface area contributed by atoms with Gasteiger partial charge in [-0.1, -0.05) is 6.92 Å². The lowest BCUT2D eigenvalue weighted by molar-refractivity contribution is 0.0276. The summed E-state index contributed by atoms with van der Waals surface area (Å²) in [6.07, 6.45) is 3.41. The fourth-order valence-electron chi connectivity index (χ4n) is 2.26. The minimum Gasteiger partial charge on any atom is -0.469 e. The molecule has 0 radical (unpaired) electrons. The lowest BCUT2D eigenvalue weighted by atomic mass is 10.1. The average molecular weight is 324 g/mol. The topological polar surface area (TPSA) is 54.7 Å². The van der Waals surface area contributed by atoms with Gasteiger partial charge >= 0.3 is 6.09 Å². The first-order valence-electron chi connectivity index (χ1n) is 8.37. The van der Waals surface area contributed by atoms with Crippen molar-refractivity contribution in [2.45, 2.75) is 59.1 Å². The highest BCUT2D eigenvalue weighted by Crippen LogP contribution is 2.10. The van der Waals surface area contributed by atoms with Gasteiger partial charge in [0, 0.05) is 26.1 Å². The molecule has 0 aliphatic carbocycles. The molecule has 5 heteroatoms. The van der Waals surface area contributed by atoms with Crippen LogP contribution in [0.4, 0.5) is 4.79 Å². The third-order valence-electron chi connectivity index (χ3n) is 3.51. The van der Waals surface area contributed by atoms with Gasteiger partial charge in [-0.3, -0.25) is 0 Å². The second-order valence-corrected chi connectivity index (χ2v) is 7.39. The summed E-state index contributed by atoms with van der Waals surface area (Å²) < 4.78 is 10.7. The van der Waals surface area contributed by atoms with Gasteiger partial charge in [-0.15, -0.1) is 0 Å². The van der Waals surface area contributed by atoms with Crippen molar-refractivity contribution < 1.29 is 13.9 Å². The number of furan rings is 1. The Hall–Kier alpha value is -1.49. The van der Waals surface area contributed by atoms with Gasteiger partial charge in [0.1, 0.15) is 11.4 Å². The predicted octanol–water partition coefficient (Wildman–Crippen LogP) is 3.69. The molecule has 132 valence electrons. The summed E-state index contributed by atoms with van der Waals surface area (Å²) in [7, 11) is 1.78. The zero-order chi connectivity index (χ0) is 17.5. The zero-order valence-corrected chi connectivity index (χ0v) is 15.4. The Morgan fingerprint density at radius 3 is 2.65 bits per heavy atom. The molecule has 0 aliphatic heterocycles. The predicted molar refractivity (Wildman–Crippen MR) is 92.5 cm³/mol. The average Bonchev–Trinajstić information content (AvgIpc) is 2.94. The molecule has 0 aromatic carbocycles. The van der Waals surface area contributed by atoms with E-state index in [1.165, 1.54) is 0 Å². The molecule has 1 aromatic rings. The molecule has 5 nitrogen and oxygen atoms in total. The number of amides is 1. The van der Waals surface area contributed by atoms with Crippen molar-refractivity contribution in [2.75, 3.05) is 20.1 Å². The number of aryl methyl sites for hydroxylation is 1. The van der Waals surface area contributed by atoms with E-state index in [4.69, 9.17) is 9.15 Å². The molecule has 0 bridgehead atoms. The highest BCUT2D eigenvalue weighted by molar-refractivity contribution is 5.67. The monoisotopic (exact) mass is 324 g/mol. The largest absolute Gasteiger partial charge is 0.469 e. The van der Waals surface area contributed by atoms with Crippen LogP contribution in [-0.4, -0.2) is 42.8 Å². The normalized spacial score (nSPS) is 14.3. The van der Waals surface area contributed by atoms with E-state index in [9.17, 15) is 4.79 Å². The molecule has 2 unspecified atom stereocenters. The Kier molecular flexibility index (Phi) is 7.62. The van der Waals surface area contributed by atoms with Crippen LogP contribution < -0.4 is 5.32 Å². The van der Waals surface area contributed by atoms with Gasteiger partial charge in [-0.25, -0.2) is 4.79 Å². The van der Waals surface area contributed by atoms with Gasteiger partial charge in [0.05, 0.1) is 6.26 Å². The molecule has 1 heterocycles. The van der Waals surface area contributed by atoms with Crippen molar-refractivity contribution in [3.8, 4) is 0 Å². The van der Waals surface area contributed by atoms with E-state index in [-0.39, 0.29) is 6.09 Å². The highest BCUT2D eigenvalue weighted by atomic mass is 16.6. The van der Waals surface area contributed by atoms with Gasteiger partial charge in [0.2, 0.25) is 0 Å². The number of carbonyl (C=O) groups is 1. The van der Waals surface area contributed by atoms with E-state index in [0.29, 0.717) is 18.5 Å². The molecule has 1 amide bonds. The summed E-state index contributed by atoms with van der Waals surface area (Å²) >= 11 is 0. The summed E-state index contributed by atoms with van der Waals surface area (Å²) in [6, 6.07) is 4.34. The molecule has 0 saturated carbocycles. The fraction of sp³-hybridized carbons (Fsp3) is 0.722. The molecule has 0 spiro atoms. The van der Waals surface area contributed by atoms with Crippen molar-refractivity contribution in [2.24, 2.45) is 5.92 Å². The molecule has 1 rings (SSSR count). The lowest BCUT2D eigenvalue weighted by Crippen LogP contribution is -2.39. The molecular formula is C18H32N2O3. The van der Waals surface area contributed by atoms with E-state index in [0.717, 1.165) is 25.1 Å². The Bertz CT molecular complexity index is 451. The summed E-state index contributed by atoms with van der Waals surface area (Å²) in [5.41, 5.74) is -0.451. The van der Waals surface area contributed by atoms with E-state index < -0.39 is 5.60 Å². The first kappa shape index (κ1) is 19.6. The van der Waals surface area contributed by atoms with Gasteiger partial charge in [0.25, 0.3) is 0 Å². The Labute approximate surface area is 140 Å². The maximum atomic E-state index is 11.9. The fourth-order valence-corrected chi connectivity index (χ4v) is 2.26.